The topological polar surface area (TPSA) is 21.3 Å². The Morgan fingerprint density at radius 3 is 2.86 bits per heavy atom. The molecule has 2 nitrogen and oxygen atoms in total. The Bertz CT molecular complexity index is 30.9. The van der Waals surface area contributed by atoms with E-state index < -0.39 is 0 Å². The van der Waals surface area contributed by atoms with Crippen molar-refractivity contribution in [3.8, 4) is 0 Å². The fraction of sp³-hybridized carbons (Fsp3) is 1.00. The third kappa shape index (κ3) is 6.72. The average Bonchev–Trinajstić information content (AvgIpc) is 1.69. The minimum absolute atomic E-state index is 0.720. The summed E-state index contributed by atoms with van der Waals surface area (Å²) in [5, 5.41) is 3.05. The molecule has 0 rings (SSSR count). The molecule has 0 bridgehead atoms. The van der Waals surface area contributed by atoms with Gasteiger partial charge >= 0.3 is 57.4 Å². The molecule has 0 aliphatic heterocycles. The molecule has 1 N–H and O–H groups in total. The third-order valence-electron chi connectivity index (χ3n) is 0.572. The molecule has 0 aromatic heterocycles. The van der Waals surface area contributed by atoms with E-state index in [1.165, 1.54) is 22.5 Å². The Hall–Kier alpha value is 0.719. The van der Waals surface area contributed by atoms with E-state index >= 15 is 0 Å². The standard InChI is InChI=1S/C4H10NO.Sn.H/c1-3-5-4-6-2;;/h5H,2-4H2,1H3;;. The summed E-state index contributed by atoms with van der Waals surface area (Å²) in [6, 6.07) is 0. The van der Waals surface area contributed by atoms with Crippen molar-refractivity contribution in [3.05, 3.63) is 0 Å². The molecule has 0 spiro atoms. The number of hydrogen-bond acceptors (Lipinski definition) is 2. The molecule has 0 amide bonds. The zero-order valence-corrected chi connectivity index (χ0v) is 7.90. The van der Waals surface area contributed by atoms with E-state index in [0.717, 1.165) is 17.9 Å². The fourth-order valence-corrected chi connectivity index (χ4v) is 0.570. The van der Waals surface area contributed by atoms with Crippen LogP contribution in [0.25, 0.3) is 0 Å². The van der Waals surface area contributed by atoms with Crippen LogP contribution < -0.4 is 5.32 Å². The molecular formula is C4H11NOSn. The number of hydrogen-bond donors (Lipinski definition) is 1. The van der Waals surface area contributed by atoms with Crippen molar-refractivity contribution in [2.24, 2.45) is 0 Å². The second kappa shape index (κ2) is 6.72. The Morgan fingerprint density at radius 1 is 1.71 bits per heavy atom. The molecule has 7 heavy (non-hydrogen) atoms. The summed E-state index contributed by atoms with van der Waals surface area (Å²) in [7, 11) is 0. The summed E-state index contributed by atoms with van der Waals surface area (Å²) in [4.78, 5) is 0. The molecule has 42 valence electrons. The molecule has 0 saturated carbocycles. The normalized spacial score (nSPS) is 9.43. The monoisotopic (exact) mass is 209 g/mol. The van der Waals surface area contributed by atoms with E-state index in [-0.39, 0.29) is 0 Å². The van der Waals surface area contributed by atoms with Crippen LogP contribution in [0.2, 0.25) is 0 Å². The van der Waals surface area contributed by atoms with Gasteiger partial charge in [-0.3, -0.25) is 0 Å². The molecule has 0 heterocycles. The molecule has 0 fully saturated rings. The fourth-order valence-electron chi connectivity index (χ4n) is 0.233. The molecular weight excluding hydrogens is 197 g/mol. The number of nitrogens with one attached hydrogen (secondary N) is 1. The van der Waals surface area contributed by atoms with Gasteiger partial charge in [-0.2, -0.15) is 0 Å². The molecule has 3 heteroatoms. The van der Waals surface area contributed by atoms with E-state index in [9.17, 15) is 0 Å². The van der Waals surface area contributed by atoms with Crippen molar-refractivity contribution >= 4 is 22.5 Å². The van der Waals surface area contributed by atoms with Crippen LogP contribution in [-0.4, -0.2) is 40.4 Å². The first kappa shape index (κ1) is 7.72. The van der Waals surface area contributed by atoms with Crippen LogP contribution >= 0.6 is 0 Å². The van der Waals surface area contributed by atoms with Gasteiger partial charge in [-0.05, 0) is 0 Å². The summed E-state index contributed by atoms with van der Waals surface area (Å²) >= 11 is 1.20. The van der Waals surface area contributed by atoms with Gasteiger partial charge < -0.3 is 0 Å². The first-order chi connectivity index (χ1) is 3.41. The predicted molar refractivity (Wildman–Crippen MR) is 31.6 cm³/mol. The Balaban J connectivity index is 2.45. The second-order valence-electron chi connectivity index (χ2n) is 1.12. The zero-order valence-electron chi connectivity index (χ0n) is 4.61. The maximum atomic E-state index is 5.02. The van der Waals surface area contributed by atoms with E-state index in [4.69, 9.17) is 4.74 Å². The van der Waals surface area contributed by atoms with E-state index in [0.29, 0.717) is 0 Å². The molecule has 2 radical (unpaired) electrons. The Kier molecular flexibility index (Phi) is 7.41. The van der Waals surface area contributed by atoms with Gasteiger partial charge in [0, 0.05) is 0 Å². The second-order valence-corrected chi connectivity index (χ2v) is 2.07. The summed E-state index contributed by atoms with van der Waals surface area (Å²) in [5.74, 6) is 0. The van der Waals surface area contributed by atoms with Crippen LogP contribution in [0.15, 0.2) is 0 Å². The van der Waals surface area contributed by atoms with Gasteiger partial charge in [-0.1, -0.05) is 0 Å². The van der Waals surface area contributed by atoms with Gasteiger partial charge in [-0.15, -0.1) is 0 Å². The van der Waals surface area contributed by atoms with Crippen LogP contribution in [0.3, 0.4) is 0 Å². The molecule has 0 aliphatic carbocycles. The maximum absolute atomic E-state index is 5.02. The summed E-state index contributed by atoms with van der Waals surface area (Å²) in [5.41, 5.74) is 0. The molecule has 0 aromatic rings. The quantitative estimate of drug-likeness (QED) is 0.379. The van der Waals surface area contributed by atoms with Gasteiger partial charge in [0.1, 0.15) is 0 Å². The predicted octanol–water partition coefficient (Wildman–Crippen LogP) is -0.572. The van der Waals surface area contributed by atoms with Gasteiger partial charge in [-0.25, -0.2) is 0 Å². The molecule has 0 unspecified atom stereocenters. The van der Waals surface area contributed by atoms with Crippen molar-refractivity contribution in [3.63, 3.8) is 0 Å². The van der Waals surface area contributed by atoms with Crippen molar-refractivity contribution in [2.45, 2.75) is 6.92 Å². The number of rotatable bonds is 4. The van der Waals surface area contributed by atoms with Crippen LogP contribution in [0, 0.1) is 0 Å². The van der Waals surface area contributed by atoms with Crippen LogP contribution in [0.4, 0.5) is 0 Å². The van der Waals surface area contributed by atoms with E-state index in [2.05, 4.69) is 12.2 Å². The minimum atomic E-state index is 0.720. The Morgan fingerprint density at radius 2 is 2.43 bits per heavy atom. The summed E-state index contributed by atoms with van der Waals surface area (Å²) in [6.45, 7) is 3.79. The van der Waals surface area contributed by atoms with Crippen molar-refractivity contribution in [2.75, 3.05) is 17.9 Å². The third-order valence-corrected chi connectivity index (χ3v) is 1.24. The molecule has 0 saturated heterocycles. The first-order valence-electron chi connectivity index (χ1n) is 2.40. The van der Waals surface area contributed by atoms with Gasteiger partial charge in [0.05, 0.1) is 0 Å². The summed E-state index contributed by atoms with van der Waals surface area (Å²) < 4.78 is 5.95. The average molecular weight is 208 g/mol. The SMILES string of the molecule is CCNCO[CH2][SnH]. The molecule has 0 aliphatic rings. The number of ether oxygens (including phenoxy) is 1. The van der Waals surface area contributed by atoms with E-state index in [1.807, 2.05) is 0 Å². The van der Waals surface area contributed by atoms with Gasteiger partial charge in [0.25, 0.3) is 0 Å². The molecule has 0 atom stereocenters. The van der Waals surface area contributed by atoms with Crippen molar-refractivity contribution < 1.29 is 4.74 Å². The van der Waals surface area contributed by atoms with E-state index in [1.54, 1.807) is 0 Å². The molecule has 0 aromatic carbocycles. The summed E-state index contributed by atoms with van der Waals surface area (Å²) in [6.07, 6.45) is 0. The van der Waals surface area contributed by atoms with Crippen molar-refractivity contribution in [1.29, 1.82) is 0 Å². The van der Waals surface area contributed by atoms with Crippen LogP contribution in [0.5, 0.6) is 0 Å². The first-order valence-corrected chi connectivity index (χ1v) is 4.73. The van der Waals surface area contributed by atoms with Gasteiger partial charge in [0.2, 0.25) is 0 Å². The van der Waals surface area contributed by atoms with Crippen molar-refractivity contribution in [1.82, 2.24) is 5.32 Å². The van der Waals surface area contributed by atoms with Gasteiger partial charge in [0.15, 0.2) is 0 Å². The van der Waals surface area contributed by atoms with Crippen LogP contribution in [-0.2, 0) is 4.74 Å². The zero-order chi connectivity index (χ0) is 5.54. The Labute approximate surface area is 57.7 Å². The van der Waals surface area contributed by atoms with Crippen LogP contribution in [0.1, 0.15) is 6.92 Å².